The normalized spacial score (nSPS) is 12.7. The van der Waals surface area contributed by atoms with E-state index >= 15 is 0 Å². The molecule has 0 amide bonds. The number of nitrogens with zero attached hydrogens (tertiary/aromatic N) is 5. The quantitative estimate of drug-likeness (QED) is 0.192. The van der Waals surface area contributed by atoms with Crippen LogP contribution in [0.15, 0.2) is 67.0 Å². The van der Waals surface area contributed by atoms with E-state index in [1.165, 1.54) is 0 Å². The van der Waals surface area contributed by atoms with Crippen molar-refractivity contribution < 1.29 is 9.53 Å². The first-order valence-electron chi connectivity index (χ1n) is 13.6. The number of hydrogen-bond donors (Lipinski definition) is 0. The minimum atomic E-state index is -0.730. The van der Waals surface area contributed by atoms with Crippen molar-refractivity contribution in [3.05, 3.63) is 83.1 Å². The lowest BCUT2D eigenvalue weighted by Gasteiger charge is -2.29. The van der Waals surface area contributed by atoms with E-state index in [-0.39, 0.29) is 5.78 Å². The summed E-state index contributed by atoms with van der Waals surface area (Å²) in [5, 5.41) is 5.91. The van der Waals surface area contributed by atoms with Crippen LogP contribution in [0.25, 0.3) is 54.3 Å². The van der Waals surface area contributed by atoms with Crippen LogP contribution in [0.1, 0.15) is 44.9 Å². The summed E-state index contributed by atoms with van der Waals surface area (Å²) in [4.78, 5) is 27.5. The van der Waals surface area contributed by atoms with Gasteiger partial charge in [0.2, 0.25) is 0 Å². The molecule has 2 aromatic carbocycles. The van der Waals surface area contributed by atoms with Gasteiger partial charge in [-0.05, 0) is 88.2 Å². The molecule has 0 radical (unpaired) electrons. The Morgan fingerprint density at radius 3 is 2.43 bits per heavy atom. The number of carbonyl (C=O) groups excluding carboxylic acids is 1. The van der Waals surface area contributed by atoms with Crippen molar-refractivity contribution in [3.63, 3.8) is 0 Å². The Kier molecular flexibility index (Phi) is 7.17. The number of benzene rings is 2. The Bertz CT molecular complexity index is 1970. The predicted octanol–water partition coefficient (Wildman–Crippen LogP) is 8.38. The van der Waals surface area contributed by atoms with Crippen molar-refractivity contribution in [3.8, 4) is 33.1 Å². The van der Waals surface area contributed by atoms with E-state index in [4.69, 9.17) is 26.3 Å². The molecule has 0 aliphatic rings. The van der Waals surface area contributed by atoms with Crippen molar-refractivity contribution in [2.45, 2.75) is 46.3 Å². The highest BCUT2D eigenvalue weighted by molar-refractivity contribution is 7.22. The lowest BCUT2D eigenvalue weighted by molar-refractivity contribution is -0.138. The second kappa shape index (κ2) is 10.7. The standard InChI is InChI=1S/C33H30ClN5O2S/c1-18-15-26-31(29(20-7-9-22(34)10-8-20)28(18)30(19(2)40)41-33(3,4)5)42-32(37-26)21-13-14-35-25(16-21)23-11-12-24-27(36-23)17-39(6)38-24/h7-17,30H,1-6H3/t30-/m1/s1. The van der Waals surface area contributed by atoms with Gasteiger partial charge in [0.25, 0.3) is 0 Å². The van der Waals surface area contributed by atoms with Crippen molar-refractivity contribution in [1.29, 1.82) is 0 Å². The summed E-state index contributed by atoms with van der Waals surface area (Å²) >= 11 is 7.85. The third-order valence-electron chi connectivity index (χ3n) is 6.91. The van der Waals surface area contributed by atoms with Gasteiger partial charge in [-0.25, -0.2) is 9.97 Å². The van der Waals surface area contributed by atoms with Crippen LogP contribution in [-0.2, 0) is 16.6 Å². The molecule has 0 bridgehead atoms. The molecule has 6 rings (SSSR count). The number of halogens is 1. The van der Waals surface area contributed by atoms with Crippen LogP contribution < -0.4 is 0 Å². The van der Waals surface area contributed by atoms with Gasteiger partial charge in [0.1, 0.15) is 22.1 Å². The number of rotatable bonds is 6. The van der Waals surface area contributed by atoms with Crippen LogP contribution in [0, 0.1) is 6.92 Å². The first-order chi connectivity index (χ1) is 20.0. The van der Waals surface area contributed by atoms with Crippen LogP contribution in [0.5, 0.6) is 0 Å². The topological polar surface area (TPSA) is 82.8 Å². The molecule has 0 fully saturated rings. The molecule has 4 aromatic heterocycles. The highest BCUT2D eigenvalue weighted by Gasteiger charge is 2.30. The molecule has 6 aromatic rings. The van der Waals surface area contributed by atoms with Crippen molar-refractivity contribution in [2.75, 3.05) is 0 Å². The molecular formula is C33H30ClN5O2S. The monoisotopic (exact) mass is 595 g/mol. The van der Waals surface area contributed by atoms with E-state index in [2.05, 4.69) is 10.1 Å². The Hall–Kier alpha value is -3.98. The van der Waals surface area contributed by atoms with Crippen molar-refractivity contribution >= 4 is 50.0 Å². The molecule has 7 nitrogen and oxygen atoms in total. The number of thiazole rings is 1. The fourth-order valence-corrected chi connectivity index (χ4v) is 6.39. The zero-order valence-corrected chi connectivity index (χ0v) is 25.8. The van der Waals surface area contributed by atoms with Crippen LogP contribution in [0.4, 0.5) is 0 Å². The van der Waals surface area contributed by atoms with Gasteiger partial charge in [-0.1, -0.05) is 23.7 Å². The van der Waals surface area contributed by atoms with Gasteiger partial charge in [0.05, 0.1) is 33.4 Å². The summed E-state index contributed by atoms with van der Waals surface area (Å²) in [5.74, 6) is -0.0517. The zero-order valence-electron chi connectivity index (χ0n) is 24.3. The van der Waals surface area contributed by atoms with E-state index in [9.17, 15) is 4.79 Å². The fourth-order valence-electron chi connectivity index (χ4n) is 5.14. The van der Waals surface area contributed by atoms with Crippen LogP contribution in [-0.4, -0.2) is 36.1 Å². The molecule has 0 saturated carbocycles. The number of hydrogen-bond acceptors (Lipinski definition) is 7. The molecular weight excluding hydrogens is 566 g/mol. The zero-order chi connectivity index (χ0) is 29.8. The number of ketones is 1. The molecule has 9 heteroatoms. The Labute approximate surface area is 253 Å². The van der Waals surface area contributed by atoms with E-state index < -0.39 is 11.7 Å². The second-order valence-corrected chi connectivity index (χ2v) is 12.8. The molecule has 0 N–H and O–H groups in total. The van der Waals surface area contributed by atoms with E-state index in [0.717, 1.165) is 65.5 Å². The Morgan fingerprint density at radius 1 is 0.952 bits per heavy atom. The minimum absolute atomic E-state index is 0.0517. The summed E-state index contributed by atoms with van der Waals surface area (Å²) < 4.78 is 9.11. The van der Waals surface area contributed by atoms with Gasteiger partial charge in [-0.15, -0.1) is 11.3 Å². The summed E-state index contributed by atoms with van der Waals surface area (Å²) in [7, 11) is 1.88. The molecule has 42 heavy (non-hydrogen) atoms. The molecule has 0 aliphatic heterocycles. The van der Waals surface area contributed by atoms with Gasteiger partial charge in [0, 0.05) is 35.0 Å². The van der Waals surface area contributed by atoms with Crippen molar-refractivity contribution in [2.24, 2.45) is 7.05 Å². The fraction of sp³-hybridized carbons (Fsp3) is 0.242. The van der Waals surface area contributed by atoms with Gasteiger partial charge in [0.15, 0.2) is 5.78 Å². The molecule has 0 spiro atoms. The largest absolute Gasteiger partial charge is 0.360 e. The maximum Gasteiger partial charge on any atom is 0.163 e. The first kappa shape index (κ1) is 28.2. The van der Waals surface area contributed by atoms with Gasteiger partial charge in [-0.3, -0.25) is 14.5 Å². The third kappa shape index (κ3) is 5.45. The highest BCUT2D eigenvalue weighted by Crippen LogP contribution is 2.44. The van der Waals surface area contributed by atoms with Crippen LogP contribution in [0.2, 0.25) is 5.02 Å². The lowest BCUT2D eigenvalue weighted by Crippen LogP contribution is -2.27. The van der Waals surface area contributed by atoms with Gasteiger partial charge in [-0.2, -0.15) is 5.10 Å². The third-order valence-corrected chi connectivity index (χ3v) is 8.30. The molecule has 212 valence electrons. The lowest BCUT2D eigenvalue weighted by atomic mass is 9.90. The van der Waals surface area contributed by atoms with E-state index in [1.54, 1.807) is 29.1 Å². The summed E-state index contributed by atoms with van der Waals surface area (Å²) in [6, 6.07) is 17.6. The number of ether oxygens (including phenoxy) is 1. The average Bonchev–Trinajstić information content (AvgIpc) is 3.53. The molecule has 0 aliphatic carbocycles. The first-order valence-corrected chi connectivity index (χ1v) is 14.8. The number of aryl methyl sites for hydroxylation is 2. The van der Waals surface area contributed by atoms with E-state index in [0.29, 0.717) is 5.02 Å². The summed E-state index contributed by atoms with van der Waals surface area (Å²) in [6.45, 7) is 9.49. The second-order valence-electron chi connectivity index (χ2n) is 11.4. The molecule has 0 unspecified atom stereocenters. The molecule has 0 saturated heterocycles. The van der Waals surface area contributed by atoms with Gasteiger partial charge < -0.3 is 4.74 Å². The maximum absolute atomic E-state index is 13.1. The minimum Gasteiger partial charge on any atom is -0.360 e. The number of pyridine rings is 2. The SMILES string of the molecule is CC(=O)[C@@H](OC(C)(C)C)c1c(C)cc2nc(-c3ccnc(-c4ccc5nn(C)cc5n4)c3)sc2c1-c1ccc(Cl)cc1. The predicted molar refractivity (Wildman–Crippen MR) is 170 cm³/mol. The number of carbonyl (C=O) groups is 1. The van der Waals surface area contributed by atoms with Crippen LogP contribution >= 0.6 is 22.9 Å². The van der Waals surface area contributed by atoms with E-state index in [1.807, 2.05) is 95.5 Å². The number of aromatic nitrogens is 5. The Morgan fingerprint density at radius 2 is 1.71 bits per heavy atom. The highest BCUT2D eigenvalue weighted by atomic mass is 35.5. The van der Waals surface area contributed by atoms with Crippen molar-refractivity contribution in [1.82, 2.24) is 24.7 Å². The molecule has 1 atom stereocenters. The summed E-state index contributed by atoms with van der Waals surface area (Å²) in [6.07, 6.45) is 2.95. The van der Waals surface area contributed by atoms with Gasteiger partial charge >= 0.3 is 0 Å². The average molecular weight is 596 g/mol. The maximum atomic E-state index is 13.1. The Balaban J connectivity index is 1.53. The number of Topliss-reactive ketones (excluding diaryl/α,β-unsaturated/α-hetero) is 1. The number of fused-ring (bicyclic) bond motifs is 2. The summed E-state index contributed by atoms with van der Waals surface area (Å²) in [5.41, 5.74) is 8.12. The van der Waals surface area contributed by atoms with Crippen LogP contribution in [0.3, 0.4) is 0 Å². The smallest absolute Gasteiger partial charge is 0.163 e. The molecule has 4 heterocycles.